The smallest absolute Gasteiger partial charge is 0.251 e. The van der Waals surface area contributed by atoms with Gasteiger partial charge in [0, 0.05) is 17.7 Å². The van der Waals surface area contributed by atoms with E-state index in [-0.39, 0.29) is 11.9 Å². The molecule has 0 unspecified atom stereocenters. The molecule has 0 radical (unpaired) electrons. The van der Waals surface area contributed by atoms with Crippen molar-refractivity contribution >= 4 is 5.91 Å². The monoisotopic (exact) mass is 366 g/mol. The molecule has 2 heterocycles. The van der Waals surface area contributed by atoms with E-state index in [0.717, 1.165) is 35.5 Å². The van der Waals surface area contributed by atoms with Crippen LogP contribution in [-0.4, -0.2) is 48.2 Å². The fraction of sp³-hybridized carbons (Fsp3) is 0.409. The lowest BCUT2D eigenvalue weighted by molar-refractivity contribution is 0.0140. The summed E-state index contributed by atoms with van der Waals surface area (Å²) < 4.78 is 6.01. The first-order valence-corrected chi connectivity index (χ1v) is 9.75. The first-order chi connectivity index (χ1) is 13.2. The van der Waals surface area contributed by atoms with E-state index in [1.54, 1.807) is 0 Å². The van der Waals surface area contributed by atoms with Gasteiger partial charge in [-0.25, -0.2) is 0 Å². The maximum Gasteiger partial charge on any atom is 0.251 e. The zero-order chi connectivity index (χ0) is 18.8. The highest BCUT2D eigenvalue weighted by molar-refractivity contribution is 5.94. The Morgan fingerprint density at radius 3 is 2.56 bits per heavy atom. The zero-order valence-electron chi connectivity index (χ0n) is 15.6. The normalized spacial score (nSPS) is 22.1. The van der Waals surface area contributed by atoms with Gasteiger partial charge in [-0.05, 0) is 62.2 Å². The van der Waals surface area contributed by atoms with E-state index in [1.165, 1.54) is 12.8 Å². The summed E-state index contributed by atoms with van der Waals surface area (Å²) in [5.41, 5.74) is 3.55. The second-order valence-corrected chi connectivity index (χ2v) is 7.26. The number of hydrogen-bond acceptors (Lipinski definition) is 4. The number of aliphatic hydroxyl groups excluding tert-OH is 1. The molecule has 0 aromatic heterocycles. The van der Waals surface area contributed by atoms with Crippen LogP contribution >= 0.6 is 0 Å². The summed E-state index contributed by atoms with van der Waals surface area (Å²) in [6.07, 6.45) is 1.88. The molecule has 1 saturated heterocycles. The van der Waals surface area contributed by atoms with Gasteiger partial charge in [-0.15, -0.1) is 0 Å². The molecule has 4 rings (SSSR count). The van der Waals surface area contributed by atoms with Crippen molar-refractivity contribution in [2.75, 3.05) is 26.2 Å². The molecule has 5 nitrogen and oxygen atoms in total. The first kappa shape index (κ1) is 18.0. The van der Waals surface area contributed by atoms with E-state index in [0.29, 0.717) is 18.7 Å². The Morgan fingerprint density at radius 1 is 1.15 bits per heavy atom. The molecule has 27 heavy (non-hydrogen) atoms. The van der Waals surface area contributed by atoms with Gasteiger partial charge in [-0.2, -0.15) is 0 Å². The molecule has 2 aliphatic heterocycles. The van der Waals surface area contributed by atoms with E-state index < -0.39 is 6.10 Å². The lowest BCUT2D eigenvalue weighted by Crippen LogP contribution is -2.44. The average Bonchev–Trinajstić information content (AvgIpc) is 3.23. The van der Waals surface area contributed by atoms with Crippen molar-refractivity contribution in [3.05, 3.63) is 53.6 Å². The van der Waals surface area contributed by atoms with Crippen LogP contribution in [0.2, 0.25) is 0 Å². The third kappa shape index (κ3) is 3.57. The van der Waals surface area contributed by atoms with Gasteiger partial charge in [-0.1, -0.05) is 24.3 Å². The summed E-state index contributed by atoms with van der Waals surface area (Å²) in [5, 5.41) is 13.6. The summed E-state index contributed by atoms with van der Waals surface area (Å²) >= 11 is 0. The predicted molar refractivity (Wildman–Crippen MR) is 105 cm³/mol. The maximum atomic E-state index is 11.9. The minimum Gasteiger partial charge on any atom is -0.491 e. The van der Waals surface area contributed by atoms with Gasteiger partial charge < -0.3 is 15.2 Å². The number of carbonyl (C=O) groups excluding carboxylic acids is 1. The summed E-state index contributed by atoms with van der Waals surface area (Å²) in [6.45, 7) is 5.12. The van der Waals surface area contributed by atoms with Gasteiger partial charge in [0.2, 0.25) is 0 Å². The third-order valence-electron chi connectivity index (χ3n) is 5.53. The van der Waals surface area contributed by atoms with Gasteiger partial charge in [-0.3, -0.25) is 9.69 Å². The quantitative estimate of drug-likeness (QED) is 0.873. The van der Waals surface area contributed by atoms with Gasteiger partial charge in [0.05, 0.1) is 6.04 Å². The number of benzene rings is 2. The van der Waals surface area contributed by atoms with E-state index in [1.807, 2.05) is 49.4 Å². The van der Waals surface area contributed by atoms with E-state index in [9.17, 15) is 9.90 Å². The molecule has 1 fully saturated rings. The SMILES string of the molecule is CCNC(=O)c1ccc(-c2ccc3c(c2)OC[C@@H](N2CCCC2)[C@@H]3O)cc1. The second kappa shape index (κ2) is 7.71. The van der Waals surface area contributed by atoms with E-state index in [4.69, 9.17) is 4.74 Å². The summed E-state index contributed by atoms with van der Waals surface area (Å²) in [7, 11) is 0. The Balaban J connectivity index is 1.54. The van der Waals surface area contributed by atoms with Gasteiger partial charge in [0.1, 0.15) is 18.5 Å². The Kier molecular flexibility index (Phi) is 5.14. The number of hydrogen-bond donors (Lipinski definition) is 2. The maximum absolute atomic E-state index is 11.9. The van der Waals surface area contributed by atoms with Crippen molar-refractivity contribution in [2.24, 2.45) is 0 Å². The van der Waals surface area contributed by atoms with Crippen molar-refractivity contribution in [1.29, 1.82) is 0 Å². The van der Waals surface area contributed by atoms with E-state index >= 15 is 0 Å². The number of nitrogens with one attached hydrogen (secondary N) is 1. The second-order valence-electron chi connectivity index (χ2n) is 7.26. The Hall–Kier alpha value is -2.37. The lowest BCUT2D eigenvalue weighted by Gasteiger charge is -2.36. The van der Waals surface area contributed by atoms with Crippen LogP contribution < -0.4 is 10.1 Å². The summed E-state index contributed by atoms with van der Waals surface area (Å²) in [4.78, 5) is 14.2. The molecular formula is C22H26N2O3. The number of ether oxygens (including phenoxy) is 1. The lowest BCUT2D eigenvalue weighted by atomic mass is 9.94. The first-order valence-electron chi connectivity index (χ1n) is 9.75. The van der Waals surface area contributed by atoms with Gasteiger partial charge in [0.25, 0.3) is 5.91 Å². The predicted octanol–water partition coefficient (Wildman–Crippen LogP) is 2.99. The van der Waals surface area contributed by atoms with Gasteiger partial charge in [0.15, 0.2) is 0 Å². The number of nitrogens with zero attached hydrogens (tertiary/aromatic N) is 1. The van der Waals surface area contributed by atoms with Crippen LogP contribution in [0.3, 0.4) is 0 Å². The molecular weight excluding hydrogens is 340 g/mol. The zero-order valence-corrected chi connectivity index (χ0v) is 15.6. The standard InChI is InChI=1S/C22H26N2O3/c1-2-23-22(26)16-7-5-15(6-8-16)17-9-10-18-20(13-17)27-14-19(21(18)25)24-11-3-4-12-24/h5-10,13,19,21,25H,2-4,11-12,14H2,1H3,(H,23,26)/t19-,21-/m1/s1. The van der Waals surface area contributed by atoms with Crippen LogP contribution in [0.4, 0.5) is 0 Å². The highest BCUT2D eigenvalue weighted by Crippen LogP contribution is 2.38. The highest BCUT2D eigenvalue weighted by Gasteiger charge is 2.34. The third-order valence-corrected chi connectivity index (χ3v) is 5.53. The summed E-state index contributed by atoms with van der Waals surface area (Å²) in [6, 6.07) is 13.6. The van der Waals surface area contributed by atoms with Crippen LogP contribution in [0.1, 0.15) is 41.8 Å². The number of rotatable bonds is 4. The van der Waals surface area contributed by atoms with Crippen molar-refractivity contribution < 1.29 is 14.6 Å². The molecule has 2 aliphatic rings. The molecule has 2 atom stereocenters. The molecule has 5 heteroatoms. The van der Waals surface area contributed by atoms with Crippen LogP contribution in [-0.2, 0) is 0 Å². The largest absolute Gasteiger partial charge is 0.491 e. The minimum absolute atomic E-state index is 0.0437. The number of likely N-dealkylation sites (tertiary alicyclic amines) is 1. The molecule has 0 aliphatic carbocycles. The number of carbonyl (C=O) groups is 1. The van der Waals surface area contributed by atoms with Crippen molar-refractivity contribution in [3.63, 3.8) is 0 Å². The fourth-order valence-electron chi connectivity index (χ4n) is 4.01. The van der Waals surface area contributed by atoms with Crippen molar-refractivity contribution in [2.45, 2.75) is 31.9 Å². The molecule has 2 aromatic carbocycles. The molecule has 142 valence electrons. The molecule has 0 saturated carbocycles. The summed E-state index contributed by atoms with van der Waals surface area (Å²) in [5.74, 6) is 0.692. The Morgan fingerprint density at radius 2 is 1.85 bits per heavy atom. The molecule has 0 bridgehead atoms. The topological polar surface area (TPSA) is 61.8 Å². The number of aliphatic hydroxyl groups is 1. The van der Waals surface area contributed by atoms with Crippen molar-refractivity contribution in [3.8, 4) is 16.9 Å². The Bertz CT molecular complexity index is 813. The minimum atomic E-state index is -0.513. The Labute approximate surface area is 160 Å². The van der Waals surface area contributed by atoms with Crippen LogP contribution in [0.25, 0.3) is 11.1 Å². The molecule has 2 aromatic rings. The molecule has 1 amide bonds. The highest BCUT2D eigenvalue weighted by atomic mass is 16.5. The van der Waals surface area contributed by atoms with Crippen LogP contribution in [0.15, 0.2) is 42.5 Å². The van der Waals surface area contributed by atoms with Crippen LogP contribution in [0.5, 0.6) is 5.75 Å². The van der Waals surface area contributed by atoms with Gasteiger partial charge >= 0.3 is 0 Å². The van der Waals surface area contributed by atoms with Crippen LogP contribution in [0, 0.1) is 0 Å². The average molecular weight is 366 g/mol. The number of fused-ring (bicyclic) bond motifs is 1. The number of amides is 1. The molecule has 0 spiro atoms. The van der Waals surface area contributed by atoms with E-state index in [2.05, 4.69) is 10.2 Å². The van der Waals surface area contributed by atoms with Crippen molar-refractivity contribution in [1.82, 2.24) is 10.2 Å². The fourth-order valence-corrected chi connectivity index (χ4v) is 4.01. The molecule has 2 N–H and O–H groups in total.